The molecule has 0 spiro atoms. The molecule has 3 aromatic rings. The fourth-order valence-electron chi connectivity index (χ4n) is 5.52. The summed E-state index contributed by atoms with van der Waals surface area (Å²) in [5.41, 5.74) is 0.850. The van der Waals surface area contributed by atoms with Crippen molar-refractivity contribution < 1.29 is 33.8 Å². The van der Waals surface area contributed by atoms with Crippen LogP contribution in [-0.2, 0) is 36.7 Å². The first-order valence-corrected chi connectivity index (χ1v) is 17.7. The first-order valence-electron chi connectivity index (χ1n) is 17.7. The van der Waals surface area contributed by atoms with Crippen molar-refractivity contribution in [2.75, 3.05) is 6.54 Å². The predicted molar refractivity (Wildman–Crippen MR) is 201 cm³/mol. The monoisotopic (exact) mass is 711 g/mol. The lowest BCUT2D eigenvalue weighted by atomic mass is 9.98. The Bertz CT molecular complexity index is 1670. The summed E-state index contributed by atoms with van der Waals surface area (Å²) in [5.74, 6) is 0.873. The molecule has 0 aliphatic heterocycles. The molecular formula is C42H53N3O7. The summed E-state index contributed by atoms with van der Waals surface area (Å²) in [4.78, 5) is 57.8. The van der Waals surface area contributed by atoms with Crippen LogP contribution in [0.4, 0.5) is 4.79 Å². The number of benzene rings is 3. The molecule has 278 valence electrons. The lowest BCUT2D eigenvalue weighted by Crippen LogP contribution is -2.55. The number of phenols is 1. The minimum atomic E-state index is -1.22. The molecule has 0 saturated carbocycles. The van der Waals surface area contributed by atoms with Gasteiger partial charge in [-0.3, -0.25) is 9.59 Å². The molecular weight excluding hydrogens is 658 g/mol. The van der Waals surface area contributed by atoms with Crippen molar-refractivity contribution in [3.63, 3.8) is 0 Å². The van der Waals surface area contributed by atoms with Gasteiger partial charge >= 0.3 is 12.1 Å². The van der Waals surface area contributed by atoms with Crippen LogP contribution in [0.5, 0.6) is 5.75 Å². The number of aromatic hydroxyl groups is 1. The Morgan fingerprint density at radius 3 is 1.90 bits per heavy atom. The molecule has 3 unspecified atom stereocenters. The van der Waals surface area contributed by atoms with E-state index in [1.807, 2.05) is 37.3 Å². The Balaban J connectivity index is 2.14. The average molecular weight is 712 g/mol. The van der Waals surface area contributed by atoms with Gasteiger partial charge in [0.25, 0.3) is 0 Å². The number of terminal acetylenes is 1. The maximum Gasteiger partial charge on any atom is 0.408 e. The Labute approximate surface area is 308 Å². The molecule has 0 aliphatic rings. The molecule has 3 atom stereocenters. The third-order valence-corrected chi connectivity index (χ3v) is 7.89. The molecule has 10 nitrogen and oxygen atoms in total. The van der Waals surface area contributed by atoms with Crippen molar-refractivity contribution in [2.45, 2.75) is 110 Å². The zero-order chi connectivity index (χ0) is 38.5. The largest absolute Gasteiger partial charge is 0.508 e. The highest BCUT2D eigenvalue weighted by atomic mass is 16.6. The molecule has 0 aliphatic carbocycles. The van der Waals surface area contributed by atoms with Crippen molar-refractivity contribution in [1.29, 1.82) is 0 Å². The van der Waals surface area contributed by atoms with Gasteiger partial charge in [0.05, 0.1) is 0 Å². The van der Waals surface area contributed by atoms with Gasteiger partial charge in [-0.05, 0) is 88.9 Å². The van der Waals surface area contributed by atoms with Gasteiger partial charge in [0, 0.05) is 24.9 Å². The van der Waals surface area contributed by atoms with Crippen LogP contribution in [0.2, 0.25) is 0 Å². The maximum absolute atomic E-state index is 14.9. The summed E-state index contributed by atoms with van der Waals surface area (Å²) in [7, 11) is 0. The third kappa shape index (κ3) is 13.4. The summed E-state index contributed by atoms with van der Waals surface area (Å²) in [6.45, 7) is 12.6. The molecule has 52 heavy (non-hydrogen) atoms. The number of unbranched alkanes of at least 4 members (excludes halogenated alkanes) is 2. The molecule has 0 radical (unpaired) electrons. The number of carbonyl (C=O) groups excluding carboxylic acids is 4. The molecule has 0 aromatic heterocycles. The number of hydrogen-bond acceptors (Lipinski definition) is 7. The van der Waals surface area contributed by atoms with Crippen LogP contribution in [0.1, 0.15) is 96.0 Å². The Kier molecular flexibility index (Phi) is 14.9. The number of hydrogen-bond donors (Lipinski definition) is 3. The number of amides is 3. The maximum atomic E-state index is 14.9. The highest BCUT2D eigenvalue weighted by molar-refractivity contribution is 5.94. The Morgan fingerprint density at radius 2 is 1.35 bits per heavy atom. The van der Waals surface area contributed by atoms with Gasteiger partial charge in [-0.1, -0.05) is 80.3 Å². The fraction of sp³-hybridized carbons (Fsp3) is 0.429. The van der Waals surface area contributed by atoms with Crippen molar-refractivity contribution in [1.82, 2.24) is 15.5 Å². The lowest BCUT2D eigenvalue weighted by molar-refractivity contribution is -0.159. The number of nitrogens with zero attached hydrogens (tertiary/aromatic N) is 1. The van der Waals surface area contributed by atoms with E-state index in [9.17, 15) is 24.3 Å². The predicted octanol–water partition coefficient (Wildman–Crippen LogP) is 6.64. The van der Waals surface area contributed by atoms with Crippen LogP contribution in [0.3, 0.4) is 0 Å². The molecule has 0 saturated heterocycles. The minimum Gasteiger partial charge on any atom is -0.508 e. The first-order chi connectivity index (χ1) is 24.5. The van der Waals surface area contributed by atoms with Crippen molar-refractivity contribution >= 4 is 23.9 Å². The van der Waals surface area contributed by atoms with Crippen LogP contribution in [0.15, 0.2) is 78.9 Å². The van der Waals surface area contributed by atoms with Crippen molar-refractivity contribution in [3.8, 4) is 18.1 Å². The summed E-state index contributed by atoms with van der Waals surface area (Å²) < 4.78 is 11.3. The van der Waals surface area contributed by atoms with Crippen LogP contribution in [0, 0.1) is 12.3 Å². The zero-order valence-electron chi connectivity index (χ0n) is 31.4. The molecule has 3 aromatic carbocycles. The van der Waals surface area contributed by atoms with Crippen LogP contribution in [0.25, 0.3) is 0 Å². The van der Waals surface area contributed by atoms with Gasteiger partial charge in [-0.25, -0.2) is 9.59 Å². The quantitative estimate of drug-likeness (QED) is 0.0915. The molecule has 10 heteroatoms. The second kappa shape index (κ2) is 18.8. The smallest absolute Gasteiger partial charge is 0.408 e. The van der Waals surface area contributed by atoms with E-state index in [4.69, 9.17) is 15.9 Å². The van der Waals surface area contributed by atoms with Gasteiger partial charge in [0.2, 0.25) is 11.8 Å². The van der Waals surface area contributed by atoms with E-state index >= 15 is 0 Å². The second-order valence-electron chi connectivity index (χ2n) is 14.8. The van der Waals surface area contributed by atoms with Gasteiger partial charge in [0.1, 0.15) is 35.1 Å². The van der Waals surface area contributed by atoms with E-state index in [2.05, 4.69) is 16.6 Å². The number of nitrogens with one attached hydrogen (secondary N) is 2. The Hall–Kier alpha value is -5.30. The fourth-order valence-corrected chi connectivity index (χ4v) is 5.52. The number of carbonyl (C=O) groups is 4. The van der Waals surface area contributed by atoms with E-state index in [1.54, 1.807) is 77.9 Å². The highest BCUT2D eigenvalue weighted by Crippen LogP contribution is 2.26. The SMILES string of the molecule is C#Cc1ccc(C(C(=O)NC(Cc2ccccc2)C(=O)OC(C)(C)C)N(CCCCC)C(=O)C(Cc2ccc(O)cc2)NC(=O)OC(C)(C)C)cc1. The first kappa shape index (κ1) is 41.1. The van der Waals surface area contributed by atoms with E-state index in [1.165, 1.54) is 17.0 Å². The summed E-state index contributed by atoms with van der Waals surface area (Å²) in [6, 6.07) is 18.9. The normalized spacial score (nSPS) is 13.1. The molecule has 0 heterocycles. The number of alkyl carbamates (subject to hydrolysis) is 1. The topological polar surface area (TPSA) is 134 Å². The third-order valence-electron chi connectivity index (χ3n) is 7.89. The minimum absolute atomic E-state index is 0.0432. The average Bonchev–Trinajstić information content (AvgIpc) is 3.07. The van der Waals surface area contributed by atoms with Gasteiger partial charge in [-0.2, -0.15) is 0 Å². The molecule has 0 fully saturated rings. The number of phenolic OH excluding ortho intramolecular Hbond substituents is 1. The lowest BCUT2D eigenvalue weighted by Gasteiger charge is -2.35. The van der Waals surface area contributed by atoms with Crippen molar-refractivity contribution in [2.24, 2.45) is 0 Å². The van der Waals surface area contributed by atoms with Crippen LogP contribution in [-0.4, -0.2) is 63.7 Å². The van der Waals surface area contributed by atoms with Gasteiger partial charge < -0.3 is 30.1 Å². The van der Waals surface area contributed by atoms with Gasteiger partial charge in [0.15, 0.2) is 0 Å². The summed E-state index contributed by atoms with van der Waals surface area (Å²) in [6.07, 6.45) is 7.22. The molecule has 0 bridgehead atoms. The molecule has 3 amide bonds. The van der Waals surface area contributed by atoms with Gasteiger partial charge in [-0.15, -0.1) is 6.42 Å². The Morgan fingerprint density at radius 1 is 0.769 bits per heavy atom. The van der Waals surface area contributed by atoms with Crippen LogP contribution < -0.4 is 10.6 Å². The number of rotatable bonds is 15. The number of ether oxygens (including phenoxy) is 2. The van der Waals surface area contributed by atoms with E-state index < -0.39 is 53.2 Å². The zero-order valence-corrected chi connectivity index (χ0v) is 31.4. The molecule has 3 rings (SSSR count). The van der Waals surface area contributed by atoms with E-state index in [-0.39, 0.29) is 25.1 Å². The highest BCUT2D eigenvalue weighted by Gasteiger charge is 2.38. The van der Waals surface area contributed by atoms with E-state index in [0.717, 1.165) is 18.4 Å². The standard InChI is InChI=1S/C42H53N3O7/c1-9-11-15-26-45(38(48)34(44-40(50)52-42(6,7)8)27-31-20-24-33(46)25-21-31)36(32-22-18-29(10-2)19-23-32)37(47)43-35(39(49)51-41(3,4)5)28-30-16-13-12-14-17-30/h2,12-14,16-25,34-36,46H,9,11,15,26-28H2,1,3-8H3,(H,43,47)(H,44,50). The number of esters is 1. The van der Waals surface area contributed by atoms with Crippen LogP contribution >= 0.6 is 0 Å². The summed E-state index contributed by atoms with van der Waals surface area (Å²) >= 11 is 0. The van der Waals surface area contributed by atoms with Crippen molar-refractivity contribution in [3.05, 3.63) is 101 Å². The van der Waals surface area contributed by atoms with E-state index in [0.29, 0.717) is 23.1 Å². The summed E-state index contributed by atoms with van der Waals surface area (Å²) in [5, 5.41) is 15.6. The molecule has 3 N–H and O–H groups in total. The second-order valence-corrected chi connectivity index (χ2v) is 14.8.